The second-order valence-corrected chi connectivity index (χ2v) is 5.98. The van der Waals surface area contributed by atoms with Crippen molar-refractivity contribution in [3.8, 4) is 5.75 Å². The van der Waals surface area contributed by atoms with Gasteiger partial charge in [-0.25, -0.2) is 0 Å². The van der Waals surface area contributed by atoms with E-state index in [0.717, 1.165) is 11.1 Å². The van der Waals surface area contributed by atoms with Crippen LogP contribution in [0.5, 0.6) is 5.75 Å². The predicted octanol–water partition coefficient (Wildman–Crippen LogP) is 2.12. The van der Waals surface area contributed by atoms with Crippen molar-refractivity contribution in [2.24, 2.45) is 5.73 Å². The lowest BCUT2D eigenvalue weighted by Gasteiger charge is -2.23. The van der Waals surface area contributed by atoms with Crippen molar-refractivity contribution < 1.29 is 14.7 Å². The van der Waals surface area contributed by atoms with Gasteiger partial charge >= 0.3 is 0 Å². The number of hydrogen-bond acceptors (Lipinski definition) is 5. The van der Waals surface area contributed by atoms with Gasteiger partial charge in [0.25, 0.3) is 11.8 Å². The summed E-state index contributed by atoms with van der Waals surface area (Å²) in [5.41, 5.74) is 7.16. The van der Waals surface area contributed by atoms with E-state index in [-0.39, 0.29) is 22.8 Å². The maximum absolute atomic E-state index is 13.1. The molecule has 7 heteroatoms. The Morgan fingerprint density at radius 1 is 0.963 bits per heavy atom. The van der Waals surface area contributed by atoms with Crippen molar-refractivity contribution >= 4 is 11.8 Å². The number of rotatable bonds is 6. The van der Waals surface area contributed by atoms with Gasteiger partial charge in [0.15, 0.2) is 0 Å². The molecule has 0 fully saturated rings. The number of aromatic hydroxyl groups is 1. The van der Waals surface area contributed by atoms with Crippen LogP contribution in [0, 0.1) is 0 Å². The number of nitrogens with two attached hydrogens (primary N) is 1. The van der Waals surface area contributed by atoms with Crippen molar-refractivity contribution in [1.82, 2.24) is 14.9 Å². The van der Waals surface area contributed by atoms with Gasteiger partial charge in [-0.1, -0.05) is 12.1 Å². The first-order chi connectivity index (χ1) is 13.0. The Morgan fingerprint density at radius 2 is 1.56 bits per heavy atom. The predicted molar refractivity (Wildman–Crippen MR) is 98.7 cm³/mol. The number of hydrogen-bond donors (Lipinski definition) is 2. The smallest absolute Gasteiger partial charge is 0.254 e. The first kappa shape index (κ1) is 18.1. The number of amides is 2. The summed E-state index contributed by atoms with van der Waals surface area (Å²) in [6, 6.07) is 11.4. The van der Waals surface area contributed by atoms with E-state index in [9.17, 15) is 14.7 Å². The fraction of sp³-hybridized carbons (Fsp3) is 0.100. The Bertz CT molecular complexity index is 904. The molecule has 0 saturated carbocycles. The minimum absolute atomic E-state index is 0.0939. The van der Waals surface area contributed by atoms with Crippen molar-refractivity contribution in [3.63, 3.8) is 0 Å². The molecule has 2 amide bonds. The summed E-state index contributed by atoms with van der Waals surface area (Å²) in [6.45, 7) is 0.655. The number of carbonyl (C=O) groups is 2. The third-order valence-electron chi connectivity index (χ3n) is 3.99. The summed E-state index contributed by atoms with van der Waals surface area (Å²) >= 11 is 0. The van der Waals surface area contributed by atoms with Crippen LogP contribution in [0.2, 0.25) is 0 Å². The minimum atomic E-state index is -0.798. The van der Waals surface area contributed by atoms with Crippen LogP contribution in [0.1, 0.15) is 31.8 Å². The van der Waals surface area contributed by atoms with Crippen molar-refractivity contribution in [1.29, 1.82) is 0 Å². The third kappa shape index (κ3) is 4.46. The molecule has 0 aliphatic rings. The molecule has 0 bridgehead atoms. The molecule has 0 saturated heterocycles. The quantitative estimate of drug-likeness (QED) is 0.698. The Hall–Kier alpha value is -3.74. The molecule has 3 aromatic rings. The molecule has 2 aromatic heterocycles. The largest absolute Gasteiger partial charge is 0.507 e. The third-order valence-corrected chi connectivity index (χ3v) is 3.99. The van der Waals surface area contributed by atoms with E-state index in [2.05, 4.69) is 9.97 Å². The van der Waals surface area contributed by atoms with Crippen molar-refractivity contribution in [2.75, 3.05) is 0 Å². The van der Waals surface area contributed by atoms with E-state index in [1.807, 2.05) is 12.1 Å². The number of primary amides is 1. The molecule has 0 aliphatic heterocycles. The van der Waals surface area contributed by atoms with E-state index in [4.69, 9.17) is 5.73 Å². The minimum Gasteiger partial charge on any atom is -0.507 e. The summed E-state index contributed by atoms with van der Waals surface area (Å²) < 4.78 is 0. The van der Waals surface area contributed by atoms with Crippen LogP contribution in [0.3, 0.4) is 0 Å². The zero-order valence-corrected chi connectivity index (χ0v) is 14.4. The molecule has 7 nitrogen and oxygen atoms in total. The van der Waals surface area contributed by atoms with Gasteiger partial charge in [-0.15, -0.1) is 0 Å². The normalized spacial score (nSPS) is 10.4. The molecule has 0 spiro atoms. The van der Waals surface area contributed by atoms with Gasteiger partial charge in [0, 0.05) is 43.4 Å². The SMILES string of the molecule is NC(=O)c1cc(C(=O)N(Cc2cccnc2)Cc2cccnc2)ccc1O. The average Bonchev–Trinajstić information content (AvgIpc) is 2.69. The van der Waals surface area contributed by atoms with E-state index in [1.165, 1.54) is 18.2 Å². The Kier molecular flexibility index (Phi) is 5.41. The topological polar surface area (TPSA) is 109 Å². The Labute approximate surface area is 156 Å². The second-order valence-electron chi connectivity index (χ2n) is 5.98. The van der Waals surface area contributed by atoms with Crippen LogP contribution in [0.25, 0.3) is 0 Å². The number of phenols is 1. The van der Waals surface area contributed by atoms with Crippen molar-refractivity contribution in [2.45, 2.75) is 13.1 Å². The second kappa shape index (κ2) is 8.09. The van der Waals surface area contributed by atoms with E-state index in [1.54, 1.807) is 41.8 Å². The first-order valence-corrected chi connectivity index (χ1v) is 8.24. The lowest BCUT2D eigenvalue weighted by molar-refractivity contribution is 0.0729. The fourth-order valence-corrected chi connectivity index (χ4v) is 2.67. The highest BCUT2D eigenvalue weighted by Gasteiger charge is 2.19. The lowest BCUT2D eigenvalue weighted by Crippen LogP contribution is -2.30. The zero-order valence-electron chi connectivity index (χ0n) is 14.4. The van der Waals surface area contributed by atoms with Gasteiger partial charge in [-0.05, 0) is 41.5 Å². The molecule has 3 rings (SSSR count). The molecule has 3 N–H and O–H groups in total. The highest BCUT2D eigenvalue weighted by Crippen LogP contribution is 2.20. The van der Waals surface area contributed by atoms with E-state index >= 15 is 0 Å². The molecule has 0 radical (unpaired) electrons. The van der Waals surface area contributed by atoms with E-state index < -0.39 is 5.91 Å². The van der Waals surface area contributed by atoms with Gasteiger partial charge < -0.3 is 15.7 Å². The molecule has 27 heavy (non-hydrogen) atoms. The molecule has 0 aliphatic carbocycles. The highest BCUT2D eigenvalue weighted by atomic mass is 16.3. The molecule has 0 unspecified atom stereocenters. The molecule has 0 atom stereocenters. The summed E-state index contributed by atoms with van der Waals surface area (Å²) in [5, 5.41) is 9.75. The molecule has 136 valence electrons. The maximum Gasteiger partial charge on any atom is 0.254 e. The lowest BCUT2D eigenvalue weighted by atomic mass is 10.1. The molecular weight excluding hydrogens is 344 g/mol. The molecular formula is C20H18N4O3. The summed E-state index contributed by atoms with van der Waals surface area (Å²) in [5.74, 6) is -1.36. The number of aromatic nitrogens is 2. The summed E-state index contributed by atoms with van der Waals surface area (Å²) in [4.78, 5) is 34.3. The summed E-state index contributed by atoms with van der Waals surface area (Å²) in [6.07, 6.45) is 6.70. The van der Waals surface area contributed by atoms with Gasteiger partial charge in [0.1, 0.15) is 5.75 Å². The van der Waals surface area contributed by atoms with Crippen LogP contribution >= 0.6 is 0 Å². The Morgan fingerprint density at radius 3 is 2.04 bits per heavy atom. The first-order valence-electron chi connectivity index (χ1n) is 8.24. The molecule has 1 aromatic carbocycles. The number of carbonyl (C=O) groups excluding carboxylic acids is 2. The van der Waals surface area contributed by atoms with Crippen LogP contribution in [0.15, 0.2) is 67.3 Å². The van der Waals surface area contributed by atoms with Crippen LogP contribution in [-0.2, 0) is 13.1 Å². The Balaban J connectivity index is 1.92. The number of benzene rings is 1. The standard InChI is InChI=1S/C20H18N4O3/c21-19(26)17-9-16(5-6-18(17)25)20(27)24(12-14-3-1-7-22-10-14)13-15-4-2-8-23-11-15/h1-11,25H,12-13H2,(H2,21,26). The number of pyridine rings is 2. The van der Waals surface area contributed by atoms with Crippen LogP contribution < -0.4 is 5.73 Å². The monoisotopic (exact) mass is 362 g/mol. The zero-order chi connectivity index (χ0) is 19.2. The van der Waals surface area contributed by atoms with Crippen molar-refractivity contribution in [3.05, 3.63) is 89.5 Å². The summed E-state index contributed by atoms with van der Waals surface area (Å²) in [7, 11) is 0. The highest BCUT2D eigenvalue weighted by molar-refractivity contribution is 6.00. The fourth-order valence-electron chi connectivity index (χ4n) is 2.67. The molecule has 2 heterocycles. The number of nitrogens with zero attached hydrogens (tertiary/aromatic N) is 3. The maximum atomic E-state index is 13.1. The van der Waals surface area contributed by atoms with Gasteiger partial charge in [-0.2, -0.15) is 0 Å². The van der Waals surface area contributed by atoms with Crippen LogP contribution in [0.4, 0.5) is 0 Å². The van der Waals surface area contributed by atoms with Gasteiger partial charge in [-0.3, -0.25) is 19.6 Å². The average molecular weight is 362 g/mol. The van der Waals surface area contributed by atoms with Crippen LogP contribution in [-0.4, -0.2) is 31.8 Å². The van der Waals surface area contributed by atoms with Gasteiger partial charge in [0.05, 0.1) is 5.56 Å². The van der Waals surface area contributed by atoms with E-state index in [0.29, 0.717) is 13.1 Å². The van der Waals surface area contributed by atoms with Gasteiger partial charge in [0.2, 0.25) is 0 Å².